The Balaban J connectivity index is 3.24. The Morgan fingerprint density at radius 3 is 1.25 bits per heavy atom. The SMILES string of the molecule is CCC(C)(C(=O)O)c1ccc(C(C)(CC)C(=O)O)cc1. The minimum atomic E-state index is -0.940. The summed E-state index contributed by atoms with van der Waals surface area (Å²) in [4.78, 5) is 22.8. The lowest BCUT2D eigenvalue weighted by molar-refractivity contribution is -0.144. The van der Waals surface area contributed by atoms with Gasteiger partial charge in [0.2, 0.25) is 0 Å². The fraction of sp³-hybridized carbons (Fsp3) is 0.500. The van der Waals surface area contributed by atoms with Crippen LogP contribution in [0.3, 0.4) is 0 Å². The third kappa shape index (κ3) is 2.55. The van der Waals surface area contributed by atoms with Gasteiger partial charge >= 0.3 is 11.9 Å². The summed E-state index contributed by atoms with van der Waals surface area (Å²) in [5, 5.41) is 18.7. The first-order chi connectivity index (χ1) is 9.22. The summed E-state index contributed by atoms with van der Waals surface area (Å²) >= 11 is 0. The van der Waals surface area contributed by atoms with Crippen LogP contribution < -0.4 is 0 Å². The Morgan fingerprint density at radius 2 is 1.10 bits per heavy atom. The molecule has 0 spiro atoms. The summed E-state index contributed by atoms with van der Waals surface area (Å²) in [6, 6.07) is 6.90. The van der Waals surface area contributed by atoms with Crippen molar-refractivity contribution in [3.63, 3.8) is 0 Å². The topological polar surface area (TPSA) is 74.6 Å². The van der Waals surface area contributed by atoms with Crippen LogP contribution >= 0.6 is 0 Å². The second-order valence-electron chi connectivity index (χ2n) is 5.56. The number of aliphatic carboxylic acids is 2. The largest absolute Gasteiger partial charge is 0.481 e. The maximum Gasteiger partial charge on any atom is 0.313 e. The van der Waals surface area contributed by atoms with E-state index >= 15 is 0 Å². The standard InChI is InChI=1S/C16H22O4/c1-5-15(3,13(17)18)11-7-9-12(10-8-11)16(4,6-2)14(19)20/h7-10H,5-6H2,1-4H3,(H,17,18)(H,19,20). The quantitative estimate of drug-likeness (QED) is 0.838. The van der Waals surface area contributed by atoms with Crippen LogP contribution in [0.25, 0.3) is 0 Å². The molecule has 1 rings (SSSR count). The van der Waals surface area contributed by atoms with Crippen molar-refractivity contribution in [1.82, 2.24) is 0 Å². The molecule has 20 heavy (non-hydrogen) atoms. The number of hydrogen-bond acceptors (Lipinski definition) is 2. The molecule has 0 radical (unpaired) electrons. The van der Waals surface area contributed by atoms with Gasteiger partial charge in [-0.2, -0.15) is 0 Å². The molecule has 0 heterocycles. The van der Waals surface area contributed by atoms with Gasteiger partial charge in [-0.3, -0.25) is 9.59 Å². The monoisotopic (exact) mass is 278 g/mol. The first-order valence-corrected chi connectivity index (χ1v) is 6.80. The molecular weight excluding hydrogens is 256 g/mol. The van der Waals surface area contributed by atoms with Gasteiger partial charge in [0.25, 0.3) is 0 Å². The Kier molecular flexibility index (Phi) is 4.58. The molecule has 0 aliphatic carbocycles. The molecule has 2 N–H and O–H groups in total. The molecule has 0 saturated heterocycles. The van der Waals surface area contributed by atoms with Gasteiger partial charge in [-0.15, -0.1) is 0 Å². The maximum absolute atomic E-state index is 11.4. The molecule has 0 amide bonds. The molecule has 0 bridgehead atoms. The number of carbonyl (C=O) groups is 2. The fourth-order valence-electron chi connectivity index (χ4n) is 2.16. The van der Waals surface area contributed by atoms with E-state index in [0.717, 1.165) is 0 Å². The van der Waals surface area contributed by atoms with E-state index in [1.807, 2.05) is 13.8 Å². The van der Waals surface area contributed by atoms with Crippen molar-refractivity contribution < 1.29 is 19.8 Å². The second-order valence-corrected chi connectivity index (χ2v) is 5.56. The van der Waals surface area contributed by atoms with Crippen LogP contribution in [-0.2, 0) is 20.4 Å². The Bertz CT molecular complexity index is 459. The molecule has 0 saturated carbocycles. The minimum Gasteiger partial charge on any atom is -0.481 e. The van der Waals surface area contributed by atoms with Crippen LogP contribution in [0, 0.1) is 0 Å². The van der Waals surface area contributed by atoms with Crippen LogP contribution in [0.1, 0.15) is 51.7 Å². The zero-order valence-electron chi connectivity index (χ0n) is 12.4. The van der Waals surface area contributed by atoms with Gasteiger partial charge in [0.05, 0.1) is 10.8 Å². The highest BCUT2D eigenvalue weighted by Crippen LogP contribution is 2.32. The Hall–Kier alpha value is -1.84. The number of benzene rings is 1. The molecule has 1 aromatic carbocycles. The fourth-order valence-corrected chi connectivity index (χ4v) is 2.16. The zero-order valence-corrected chi connectivity index (χ0v) is 12.4. The van der Waals surface area contributed by atoms with Gasteiger partial charge in [-0.25, -0.2) is 0 Å². The molecule has 1 aromatic rings. The van der Waals surface area contributed by atoms with Crippen molar-refractivity contribution in [2.45, 2.75) is 51.4 Å². The number of carboxylic acids is 2. The Morgan fingerprint density at radius 1 is 0.850 bits per heavy atom. The summed E-state index contributed by atoms with van der Waals surface area (Å²) in [6.07, 6.45) is 0.956. The van der Waals surface area contributed by atoms with E-state index in [2.05, 4.69) is 0 Å². The summed E-state index contributed by atoms with van der Waals surface area (Å²) in [5.74, 6) is -1.74. The van der Waals surface area contributed by atoms with Crippen molar-refractivity contribution in [3.8, 4) is 0 Å². The van der Waals surface area contributed by atoms with E-state index in [9.17, 15) is 19.8 Å². The molecule has 0 aromatic heterocycles. The molecule has 0 fully saturated rings. The molecular formula is C16H22O4. The van der Waals surface area contributed by atoms with Crippen molar-refractivity contribution in [1.29, 1.82) is 0 Å². The third-order valence-corrected chi connectivity index (χ3v) is 4.52. The van der Waals surface area contributed by atoms with Gasteiger partial charge in [-0.05, 0) is 37.8 Å². The van der Waals surface area contributed by atoms with Crippen LogP contribution in [0.2, 0.25) is 0 Å². The predicted octanol–water partition coefficient (Wildman–Crippen LogP) is 3.19. The summed E-state index contributed by atoms with van der Waals surface area (Å²) in [6.45, 7) is 7.02. The van der Waals surface area contributed by atoms with Gasteiger partial charge in [0, 0.05) is 0 Å². The molecule has 0 aliphatic rings. The van der Waals surface area contributed by atoms with Crippen molar-refractivity contribution >= 4 is 11.9 Å². The second kappa shape index (κ2) is 5.65. The summed E-state index contributed by atoms with van der Waals surface area (Å²) < 4.78 is 0. The van der Waals surface area contributed by atoms with Crippen LogP contribution in [0.15, 0.2) is 24.3 Å². The van der Waals surface area contributed by atoms with Crippen molar-refractivity contribution in [3.05, 3.63) is 35.4 Å². The van der Waals surface area contributed by atoms with Gasteiger partial charge < -0.3 is 10.2 Å². The third-order valence-electron chi connectivity index (χ3n) is 4.52. The summed E-state index contributed by atoms with van der Waals surface area (Å²) in [5.41, 5.74) is -0.491. The lowest BCUT2D eigenvalue weighted by Gasteiger charge is -2.27. The van der Waals surface area contributed by atoms with E-state index in [1.165, 1.54) is 0 Å². The molecule has 0 aliphatic heterocycles. The highest BCUT2D eigenvalue weighted by molar-refractivity contribution is 5.82. The predicted molar refractivity (Wildman–Crippen MR) is 77.0 cm³/mol. The van der Waals surface area contributed by atoms with Crippen LogP contribution in [-0.4, -0.2) is 22.2 Å². The van der Waals surface area contributed by atoms with Crippen molar-refractivity contribution in [2.75, 3.05) is 0 Å². The molecule has 2 unspecified atom stereocenters. The highest BCUT2D eigenvalue weighted by atomic mass is 16.4. The van der Waals surface area contributed by atoms with Crippen LogP contribution in [0.5, 0.6) is 0 Å². The van der Waals surface area contributed by atoms with Crippen LogP contribution in [0.4, 0.5) is 0 Å². The maximum atomic E-state index is 11.4. The Labute approximate surface area is 119 Å². The number of rotatable bonds is 6. The van der Waals surface area contributed by atoms with Gasteiger partial charge in [0.1, 0.15) is 0 Å². The summed E-state index contributed by atoms with van der Waals surface area (Å²) in [7, 11) is 0. The highest BCUT2D eigenvalue weighted by Gasteiger charge is 2.36. The van der Waals surface area contributed by atoms with E-state index in [0.29, 0.717) is 24.0 Å². The van der Waals surface area contributed by atoms with E-state index in [-0.39, 0.29) is 0 Å². The average molecular weight is 278 g/mol. The van der Waals surface area contributed by atoms with Gasteiger partial charge in [-0.1, -0.05) is 38.1 Å². The minimum absolute atomic E-state index is 0.478. The first-order valence-electron chi connectivity index (χ1n) is 6.80. The molecule has 4 nitrogen and oxygen atoms in total. The zero-order chi connectivity index (χ0) is 15.6. The van der Waals surface area contributed by atoms with Gasteiger partial charge in [0.15, 0.2) is 0 Å². The molecule has 2 atom stereocenters. The van der Waals surface area contributed by atoms with E-state index < -0.39 is 22.8 Å². The lowest BCUT2D eigenvalue weighted by atomic mass is 9.76. The average Bonchev–Trinajstić information content (AvgIpc) is 2.45. The normalized spacial score (nSPS) is 17.0. The number of carboxylic acid groups (broad SMARTS) is 2. The molecule has 110 valence electrons. The first kappa shape index (κ1) is 16.2. The smallest absolute Gasteiger partial charge is 0.313 e. The van der Waals surface area contributed by atoms with E-state index in [1.54, 1.807) is 38.1 Å². The lowest BCUT2D eigenvalue weighted by Crippen LogP contribution is -2.33. The number of hydrogen-bond donors (Lipinski definition) is 2. The molecule has 4 heteroatoms. The van der Waals surface area contributed by atoms with E-state index in [4.69, 9.17) is 0 Å². The van der Waals surface area contributed by atoms with Crippen molar-refractivity contribution in [2.24, 2.45) is 0 Å².